The fraction of sp³-hybridized carbons (Fsp3) is 0.500. The molecular formula is C12H18ClNO. The Kier molecular flexibility index (Phi) is 3.86. The number of rotatable bonds is 3. The molecule has 0 fully saturated rings. The van der Waals surface area contributed by atoms with Gasteiger partial charge in [0.15, 0.2) is 0 Å². The summed E-state index contributed by atoms with van der Waals surface area (Å²) in [7, 11) is 1.62. The Morgan fingerprint density at radius 3 is 2.53 bits per heavy atom. The summed E-state index contributed by atoms with van der Waals surface area (Å²) in [6.45, 7) is 7.48. The van der Waals surface area contributed by atoms with Crippen molar-refractivity contribution in [2.75, 3.05) is 19.0 Å². The van der Waals surface area contributed by atoms with Gasteiger partial charge in [-0.2, -0.15) is 0 Å². The highest BCUT2D eigenvalue weighted by Crippen LogP contribution is 2.27. The Hall–Kier alpha value is -0.890. The van der Waals surface area contributed by atoms with E-state index in [1.165, 1.54) is 0 Å². The number of methoxy groups -OCH3 is 1. The number of ether oxygens (including phenoxy) is 1. The van der Waals surface area contributed by atoms with Crippen LogP contribution in [0.25, 0.3) is 0 Å². The molecule has 1 rings (SSSR count). The average molecular weight is 228 g/mol. The molecule has 1 N–H and O–H groups in total. The van der Waals surface area contributed by atoms with Gasteiger partial charge in [0.2, 0.25) is 0 Å². The molecule has 3 heteroatoms. The maximum atomic E-state index is 5.93. The van der Waals surface area contributed by atoms with Crippen LogP contribution in [0.5, 0.6) is 5.75 Å². The van der Waals surface area contributed by atoms with Gasteiger partial charge in [-0.3, -0.25) is 0 Å². The summed E-state index contributed by atoms with van der Waals surface area (Å²) in [5, 5.41) is 3.99. The first kappa shape index (κ1) is 12.2. The standard InChI is InChI=1S/C12H18ClNO/c1-12(2,3)8-14-9-5-6-10(13)11(7-9)15-4/h5-7,14H,8H2,1-4H3. The summed E-state index contributed by atoms with van der Waals surface area (Å²) < 4.78 is 5.15. The second-order valence-electron chi connectivity index (χ2n) is 4.76. The molecule has 0 bridgehead atoms. The van der Waals surface area contributed by atoms with Gasteiger partial charge in [0, 0.05) is 18.3 Å². The molecular weight excluding hydrogens is 210 g/mol. The summed E-state index contributed by atoms with van der Waals surface area (Å²) in [4.78, 5) is 0. The van der Waals surface area contributed by atoms with E-state index in [0.717, 1.165) is 12.2 Å². The van der Waals surface area contributed by atoms with E-state index in [-0.39, 0.29) is 5.41 Å². The third-order valence-corrected chi connectivity index (χ3v) is 2.29. The largest absolute Gasteiger partial charge is 0.495 e. The van der Waals surface area contributed by atoms with Crippen LogP contribution in [0.15, 0.2) is 18.2 Å². The lowest BCUT2D eigenvalue weighted by Crippen LogP contribution is -2.18. The Balaban J connectivity index is 2.70. The number of benzene rings is 1. The van der Waals surface area contributed by atoms with Crippen molar-refractivity contribution in [3.63, 3.8) is 0 Å². The van der Waals surface area contributed by atoms with Crippen LogP contribution in [-0.4, -0.2) is 13.7 Å². The smallest absolute Gasteiger partial charge is 0.139 e. The lowest BCUT2D eigenvalue weighted by Gasteiger charge is -2.20. The predicted molar refractivity (Wildman–Crippen MR) is 65.9 cm³/mol. The Labute approximate surface area is 96.6 Å². The fourth-order valence-electron chi connectivity index (χ4n) is 1.14. The van der Waals surface area contributed by atoms with Crippen molar-refractivity contribution in [1.29, 1.82) is 0 Å². The first-order chi connectivity index (χ1) is 6.92. The van der Waals surface area contributed by atoms with Crippen LogP contribution < -0.4 is 10.1 Å². The zero-order valence-electron chi connectivity index (χ0n) is 9.73. The summed E-state index contributed by atoms with van der Waals surface area (Å²) >= 11 is 5.93. The van der Waals surface area contributed by atoms with Gasteiger partial charge in [-0.15, -0.1) is 0 Å². The Morgan fingerprint density at radius 2 is 2.00 bits per heavy atom. The second-order valence-corrected chi connectivity index (χ2v) is 5.17. The molecule has 0 aliphatic rings. The Bertz CT molecular complexity index is 331. The third-order valence-electron chi connectivity index (χ3n) is 1.97. The highest BCUT2D eigenvalue weighted by molar-refractivity contribution is 6.32. The number of hydrogen-bond acceptors (Lipinski definition) is 2. The molecule has 1 aromatic rings. The molecule has 0 aromatic heterocycles. The highest BCUT2D eigenvalue weighted by atomic mass is 35.5. The molecule has 0 saturated heterocycles. The maximum absolute atomic E-state index is 5.93. The maximum Gasteiger partial charge on any atom is 0.139 e. The van der Waals surface area contributed by atoms with Gasteiger partial charge in [0.25, 0.3) is 0 Å². The van der Waals surface area contributed by atoms with Gasteiger partial charge in [0.1, 0.15) is 5.75 Å². The van der Waals surface area contributed by atoms with Crippen LogP contribution in [0.4, 0.5) is 5.69 Å². The molecule has 0 unspecified atom stereocenters. The van der Waals surface area contributed by atoms with Crippen LogP contribution >= 0.6 is 11.6 Å². The van der Waals surface area contributed by atoms with Gasteiger partial charge in [-0.05, 0) is 17.5 Å². The van der Waals surface area contributed by atoms with E-state index in [4.69, 9.17) is 16.3 Å². The average Bonchev–Trinajstić information content (AvgIpc) is 2.15. The van der Waals surface area contributed by atoms with E-state index in [1.54, 1.807) is 7.11 Å². The van der Waals surface area contributed by atoms with Crippen molar-refractivity contribution < 1.29 is 4.74 Å². The SMILES string of the molecule is COc1cc(NCC(C)(C)C)ccc1Cl. The van der Waals surface area contributed by atoms with Crippen molar-refractivity contribution in [2.45, 2.75) is 20.8 Å². The minimum Gasteiger partial charge on any atom is -0.495 e. The molecule has 84 valence electrons. The van der Waals surface area contributed by atoms with Gasteiger partial charge < -0.3 is 10.1 Å². The Morgan fingerprint density at radius 1 is 1.33 bits per heavy atom. The predicted octanol–water partition coefficient (Wildman–Crippen LogP) is 3.81. The van der Waals surface area contributed by atoms with Gasteiger partial charge in [-0.1, -0.05) is 32.4 Å². The van der Waals surface area contributed by atoms with Crippen molar-refractivity contribution in [2.24, 2.45) is 5.41 Å². The molecule has 0 aliphatic heterocycles. The van der Waals surface area contributed by atoms with Crippen LogP contribution in [0.3, 0.4) is 0 Å². The normalized spacial score (nSPS) is 11.3. The summed E-state index contributed by atoms with van der Waals surface area (Å²) in [5.41, 5.74) is 1.29. The monoisotopic (exact) mass is 227 g/mol. The van der Waals surface area contributed by atoms with Crippen LogP contribution in [0.1, 0.15) is 20.8 Å². The number of anilines is 1. The van der Waals surface area contributed by atoms with E-state index >= 15 is 0 Å². The van der Waals surface area contributed by atoms with Crippen molar-refractivity contribution in [3.8, 4) is 5.75 Å². The molecule has 1 aromatic carbocycles. The molecule has 15 heavy (non-hydrogen) atoms. The molecule has 0 spiro atoms. The summed E-state index contributed by atoms with van der Waals surface area (Å²) in [6, 6.07) is 5.70. The quantitative estimate of drug-likeness (QED) is 0.848. The van der Waals surface area contributed by atoms with Gasteiger partial charge in [0.05, 0.1) is 12.1 Å². The zero-order valence-corrected chi connectivity index (χ0v) is 10.5. The first-order valence-corrected chi connectivity index (χ1v) is 5.37. The third kappa shape index (κ3) is 4.00. The fourth-order valence-corrected chi connectivity index (χ4v) is 1.33. The lowest BCUT2D eigenvalue weighted by atomic mass is 9.97. The van der Waals surface area contributed by atoms with E-state index in [2.05, 4.69) is 26.1 Å². The number of halogens is 1. The van der Waals surface area contributed by atoms with Gasteiger partial charge >= 0.3 is 0 Å². The van der Waals surface area contributed by atoms with Crippen LogP contribution in [-0.2, 0) is 0 Å². The molecule has 0 atom stereocenters. The van der Waals surface area contributed by atoms with E-state index in [0.29, 0.717) is 10.8 Å². The highest BCUT2D eigenvalue weighted by Gasteiger charge is 2.10. The zero-order chi connectivity index (χ0) is 11.5. The van der Waals surface area contributed by atoms with E-state index in [1.807, 2.05) is 18.2 Å². The molecule has 0 aliphatic carbocycles. The molecule has 0 radical (unpaired) electrons. The van der Waals surface area contributed by atoms with Crippen molar-refractivity contribution in [3.05, 3.63) is 23.2 Å². The summed E-state index contributed by atoms with van der Waals surface area (Å²) in [6.07, 6.45) is 0. The second kappa shape index (κ2) is 4.75. The molecule has 0 heterocycles. The number of hydrogen-bond donors (Lipinski definition) is 1. The van der Waals surface area contributed by atoms with Gasteiger partial charge in [-0.25, -0.2) is 0 Å². The topological polar surface area (TPSA) is 21.3 Å². The lowest BCUT2D eigenvalue weighted by molar-refractivity contribution is 0.414. The van der Waals surface area contributed by atoms with E-state index in [9.17, 15) is 0 Å². The summed E-state index contributed by atoms with van der Waals surface area (Å²) in [5.74, 6) is 0.704. The molecule has 2 nitrogen and oxygen atoms in total. The van der Waals surface area contributed by atoms with Crippen LogP contribution in [0.2, 0.25) is 5.02 Å². The molecule has 0 saturated carbocycles. The van der Waals surface area contributed by atoms with E-state index < -0.39 is 0 Å². The molecule has 0 amide bonds. The minimum absolute atomic E-state index is 0.257. The number of nitrogens with one attached hydrogen (secondary N) is 1. The van der Waals surface area contributed by atoms with Crippen LogP contribution in [0, 0.1) is 5.41 Å². The van der Waals surface area contributed by atoms with Crippen molar-refractivity contribution >= 4 is 17.3 Å². The van der Waals surface area contributed by atoms with Crippen molar-refractivity contribution in [1.82, 2.24) is 0 Å². The minimum atomic E-state index is 0.257. The first-order valence-electron chi connectivity index (χ1n) is 5.00.